The highest BCUT2D eigenvalue weighted by Crippen LogP contribution is 2.16. The molecule has 0 aliphatic carbocycles. The van der Waals surface area contributed by atoms with Crippen LogP contribution in [-0.2, 0) is 9.47 Å². The zero-order valence-electron chi connectivity index (χ0n) is 11.7. The Balaban J connectivity index is 2.88. The van der Waals surface area contributed by atoms with Gasteiger partial charge in [-0.05, 0) is 33.8 Å². The highest BCUT2D eigenvalue weighted by Gasteiger charge is 2.18. The minimum absolute atomic E-state index is 0.263. The summed E-state index contributed by atoms with van der Waals surface area (Å²) in [6.07, 6.45) is 0.793. The zero-order chi connectivity index (χ0) is 14.6. The molecule has 0 atom stereocenters. The van der Waals surface area contributed by atoms with Gasteiger partial charge >= 0.3 is 12.1 Å². The maximum atomic E-state index is 11.7. The molecule has 0 saturated heterocycles. The van der Waals surface area contributed by atoms with Crippen LogP contribution >= 0.6 is 0 Å². The van der Waals surface area contributed by atoms with E-state index in [1.165, 1.54) is 19.4 Å². The summed E-state index contributed by atoms with van der Waals surface area (Å²) >= 11 is 0. The first-order valence-electron chi connectivity index (χ1n) is 5.78. The number of methoxy groups -OCH3 is 1. The molecule has 104 valence electrons. The van der Waals surface area contributed by atoms with E-state index in [0.29, 0.717) is 11.4 Å². The van der Waals surface area contributed by atoms with Crippen LogP contribution in [0.5, 0.6) is 0 Å². The van der Waals surface area contributed by atoms with Gasteiger partial charge in [0.25, 0.3) is 0 Å². The molecule has 0 radical (unpaired) electrons. The number of hydrogen-bond acceptors (Lipinski definition) is 5. The summed E-state index contributed by atoms with van der Waals surface area (Å²) in [7, 11) is 1.28. The molecular formula is C13H18N2O4. The molecule has 1 aromatic rings. The van der Waals surface area contributed by atoms with Crippen molar-refractivity contribution in [3.05, 3.63) is 23.5 Å². The lowest BCUT2D eigenvalue weighted by Crippen LogP contribution is -2.27. The molecule has 1 aromatic heterocycles. The number of nitrogens with zero attached hydrogens (tertiary/aromatic N) is 1. The molecule has 19 heavy (non-hydrogen) atoms. The summed E-state index contributed by atoms with van der Waals surface area (Å²) < 4.78 is 9.72. The van der Waals surface area contributed by atoms with Crippen molar-refractivity contribution in [2.75, 3.05) is 12.4 Å². The van der Waals surface area contributed by atoms with Crippen LogP contribution in [0, 0.1) is 6.92 Å². The summed E-state index contributed by atoms with van der Waals surface area (Å²) in [6.45, 7) is 7.02. The third-order valence-corrected chi connectivity index (χ3v) is 2.14. The molecule has 1 N–H and O–H groups in total. The molecule has 1 heterocycles. The smallest absolute Gasteiger partial charge is 0.412 e. The normalized spacial score (nSPS) is 10.8. The highest BCUT2D eigenvalue weighted by molar-refractivity contribution is 5.92. The summed E-state index contributed by atoms with van der Waals surface area (Å²) in [5.41, 5.74) is 0.667. The molecule has 0 aliphatic heterocycles. The summed E-state index contributed by atoms with van der Waals surface area (Å²) in [5.74, 6) is -0.514. The van der Waals surface area contributed by atoms with Gasteiger partial charge in [0.2, 0.25) is 0 Å². The van der Waals surface area contributed by atoms with Crippen molar-refractivity contribution in [2.24, 2.45) is 0 Å². The number of rotatable bonds is 2. The lowest BCUT2D eigenvalue weighted by Gasteiger charge is -2.20. The second kappa shape index (κ2) is 5.69. The fraction of sp³-hybridized carbons (Fsp3) is 0.462. The van der Waals surface area contributed by atoms with Crippen LogP contribution in [0.3, 0.4) is 0 Å². The highest BCUT2D eigenvalue weighted by atomic mass is 16.6. The van der Waals surface area contributed by atoms with E-state index >= 15 is 0 Å². The maximum Gasteiger partial charge on any atom is 0.412 e. The van der Waals surface area contributed by atoms with Crippen LogP contribution in [-0.4, -0.2) is 29.8 Å². The minimum atomic E-state index is -0.598. The predicted molar refractivity (Wildman–Crippen MR) is 70.2 cm³/mol. The third kappa shape index (κ3) is 4.57. The van der Waals surface area contributed by atoms with Gasteiger partial charge in [-0.25, -0.2) is 9.59 Å². The molecule has 1 rings (SSSR count). The first-order valence-corrected chi connectivity index (χ1v) is 5.78. The van der Waals surface area contributed by atoms with Crippen LogP contribution in [0.1, 0.15) is 36.8 Å². The van der Waals surface area contributed by atoms with E-state index in [4.69, 9.17) is 4.74 Å². The summed E-state index contributed by atoms with van der Waals surface area (Å²) in [4.78, 5) is 27.1. The van der Waals surface area contributed by atoms with Crippen LogP contribution in [0.15, 0.2) is 12.3 Å². The van der Waals surface area contributed by atoms with Crippen molar-refractivity contribution in [3.63, 3.8) is 0 Å². The Kier molecular flexibility index (Phi) is 4.47. The van der Waals surface area contributed by atoms with Crippen molar-refractivity contribution in [1.82, 2.24) is 4.98 Å². The number of nitrogens with one attached hydrogen (secondary N) is 1. The molecule has 0 aliphatic rings. The molecule has 6 nitrogen and oxygen atoms in total. The molecule has 6 heteroatoms. The lowest BCUT2D eigenvalue weighted by molar-refractivity contribution is 0.0595. The van der Waals surface area contributed by atoms with Gasteiger partial charge < -0.3 is 9.47 Å². The van der Waals surface area contributed by atoms with Crippen LogP contribution in [0.4, 0.5) is 10.5 Å². The second-order valence-corrected chi connectivity index (χ2v) is 4.98. The Labute approximate surface area is 112 Å². The van der Waals surface area contributed by atoms with E-state index in [0.717, 1.165) is 0 Å². The van der Waals surface area contributed by atoms with Gasteiger partial charge in [0.1, 0.15) is 5.60 Å². The van der Waals surface area contributed by atoms with E-state index in [9.17, 15) is 9.59 Å². The van der Waals surface area contributed by atoms with Gasteiger partial charge in [0, 0.05) is 6.20 Å². The number of carbonyl (C=O) groups excluding carboxylic acids is 2. The van der Waals surface area contributed by atoms with Crippen LogP contribution < -0.4 is 5.32 Å². The van der Waals surface area contributed by atoms with E-state index in [2.05, 4.69) is 15.0 Å². The topological polar surface area (TPSA) is 77.5 Å². The van der Waals surface area contributed by atoms with Gasteiger partial charge in [-0.1, -0.05) is 0 Å². The van der Waals surface area contributed by atoms with Crippen LogP contribution in [0.25, 0.3) is 0 Å². The number of amides is 1. The molecular weight excluding hydrogens is 248 g/mol. The number of hydrogen-bond donors (Lipinski definition) is 1. The number of aryl methyl sites for hydroxylation is 1. The van der Waals surface area contributed by atoms with Gasteiger partial charge in [-0.15, -0.1) is 0 Å². The summed E-state index contributed by atoms with van der Waals surface area (Å²) in [6, 6.07) is 1.50. The monoisotopic (exact) mass is 266 g/mol. The molecule has 0 aromatic carbocycles. The molecule has 0 unspecified atom stereocenters. The van der Waals surface area contributed by atoms with Crippen molar-refractivity contribution >= 4 is 17.7 Å². The number of anilines is 1. The van der Waals surface area contributed by atoms with Crippen molar-refractivity contribution in [1.29, 1.82) is 0 Å². The molecule has 0 spiro atoms. The first-order chi connectivity index (χ1) is 8.73. The fourth-order valence-corrected chi connectivity index (χ4v) is 1.30. The third-order valence-electron chi connectivity index (χ3n) is 2.14. The van der Waals surface area contributed by atoms with E-state index in [1.54, 1.807) is 27.7 Å². The largest absolute Gasteiger partial charge is 0.465 e. The SMILES string of the molecule is COC(=O)c1cnc(C)c(NC(=O)OC(C)(C)C)c1. The van der Waals surface area contributed by atoms with Gasteiger partial charge in [-0.3, -0.25) is 10.3 Å². The molecule has 0 saturated carbocycles. The summed E-state index contributed by atoms with van der Waals surface area (Å²) in [5, 5.41) is 2.55. The average molecular weight is 266 g/mol. The lowest BCUT2D eigenvalue weighted by atomic mass is 10.2. The molecule has 0 fully saturated rings. The molecule has 0 bridgehead atoms. The zero-order valence-corrected chi connectivity index (χ0v) is 11.7. The Hall–Kier alpha value is -2.11. The number of carbonyl (C=O) groups is 2. The van der Waals surface area contributed by atoms with Crippen molar-refractivity contribution in [3.8, 4) is 0 Å². The first kappa shape index (κ1) is 14.9. The second-order valence-electron chi connectivity index (χ2n) is 4.98. The minimum Gasteiger partial charge on any atom is -0.465 e. The number of ether oxygens (including phenoxy) is 2. The van der Waals surface area contributed by atoms with Gasteiger partial charge in [-0.2, -0.15) is 0 Å². The number of esters is 1. The van der Waals surface area contributed by atoms with E-state index in [1.807, 2.05) is 0 Å². The fourth-order valence-electron chi connectivity index (χ4n) is 1.30. The van der Waals surface area contributed by atoms with Crippen molar-refractivity contribution in [2.45, 2.75) is 33.3 Å². The Morgan fingerprint density at radius 3 is 2.47 bits per heavy atom. The van der Waals surface area contributed by atoms with E-state index < -0.39 is 17.7 Å². The number of aromatic nitrogens is 1. The maximum absolute atomic E-state index is 11.7. The average Bonchev–Trinajstić information content (AvgIpc) is 2.28. The Morgan fingerprint density at radius 2 is 1.95 bits per heavy atom. The number of pyridine rings is 1. The molecule has 1 amide bonds. The Morgan fingerprint density at radius 1 is 1.32 bits per heavy atom. The van der Waals surface area contributed by atoms with Crippen LogP contribution in [0.2, 0.25) is 0 Å². The standard InChI is InChI=1S/C13H18N2O4/c1-8-10(15-12(17)19-13(2,3)4)6-9(7-14-8)11(16)18-5/h6-7H,1-5H3,(H,15,17). The van der Waals surface area contributed by atoms with Gasteiger partial charge in [0.15, 0.2) is 0 Å². The van der Waals surface area contributed by atoms with E-state index in [-0.39, 0.29) is 5.56 Å². The quantitative estimate of drug-likeness (QED) is 0.832. The van der Waals surface area contributed by atoms with Crippen molar-refractivity contribution < 1.29 is 19.1 Å². The Bertz CT molecular complexity index is 492. The predicted octanol–water partition coefficient (Wildman–Crippen LogP) is 2.52. The van der Waals surface area contributed by atoms with Gasteiger partial charge in [0.05, 0.1) is 24.1 Å².